The van der Waals surface area contributed by atoms with Crippen molar-refractivity contribution in [1.82, 2.24) is 9.29 Å². The Morgan fingerprint density at radius 1 is 1.30 bits per heavy atom. The van der Waals surface area contributed by atoms with Gasteiger partial charge in [0, 0.05) is 32.4 Å². The van der Waals surface area contributed by atoms with Crippen molar-refractivity contribution in [1.29, 1.82) is 0 Å². The lowest BCUT2D eigenvalue weighted by molar-refractivity contribution is 0.135. The van der Waals surface area contributed by atoms with Gasteiger partial charge in [-0.05, 0) is 26.0 Å². The smallest absolute Gasteiger partial charge is 0.244 e. The lowest BCUT2D eigenvalue weighted by Crippen LogP contribution is -2.34. The van der Waals surface area contributed by atoms with Crippen LogP contribution >= 0.6 is 0 Å². The van der Waals surface area contributed by atoms with Crippen LogP contribution in [0, 0.1) is 0 Å². The van der Waals surface area contributed by atoms with E-state index in [1.807, 2.05) is 20.8 Å². The third-order valence-electron chi connectivity index (χ3n) is 2.77. The number of nitrogens with one attached hydrogen (secondary N) is 1. The molecule has 0 aliphatic heterocycles. The molecular weight excluding hydrogens is 278 g/mol. The summed E-state index contributed by atoms with van der Waals surface area (Å²) in [4.78, 5) is 4.31. The number of sulfonamides is 1. The van der Waals surface area contributed by atoms with Crippen molar-refractivity contribution in [3.8, 4) is 0 Å². The molecule has 114 valence electrons. The van der Waals surface area contributed by atoms with E-state index in [0.29, 0.717) is 32.1 Å². The molecule has 0 bridgehead atoms. The van der Waals surface area contributed by atoms with Gasteiger partial charge in [0.15, 0.2) is 0 Å². The van der Waals surface area contributed by atoms with Crippen molar-refractivity contribution < 1.29 is 13.2 Å². The Hall–Kier alpha value is -1.18. The van der Waals surface area contributed by atoms with E-state index in [9.17, 15) is 8.42 Å². The minimum atomic E-state index is -3.50. The van der Waals surface area contributed by atoms with E-state index in [4.69, 9.17) is 4.74 Å². The summed E-state index contributed by atoms with van der Waals surface area (Å²) in [5.41, 5.74) is 0. The molecule has 0 spiro atoms. The first-order chi connectivity index (χ1) is 9.56. The van der Waals surface area contributed by atoms with Crippen LogP contribution in [0.25, 0.3) is 0 Å². The van der Waals surface area contributed by atoms with Gasteiger partial charge in [0.2, 0.25) is 10.0 Å². The van der Waals surface area contributed by atoms with Gasteiger partial charge < -0.3 is 10.1 Å². The molecule has 0 amide bonds. The average molecular weight is 301 g/mol. The lowest BCUT2D eigenvalue weighted by atomic mass is 10.4. The van der Waals surface area contributed by atoms with Crippen molar-refractivity contribution in [2.24, 2.45) is 0 Å². The summed E-state index contributed by atoms with van der Waals surface area (Å²) in [7, 11) is -3.50. The quantitative estimate of drug-likeness (QED) is 0.701. The first kappa shape index (κ1) is 16.9. The third-order valence-corrected chi connectivity index (χ3v) is 4.73. The number of hydrogen-bond donors (Lipinski definition) is 1. The first-order valence-corrected chi connectivity index (χ1v) is 8.28. The Labute approximate surface area is 121 Å². The molecule has 0 aliphatic carbocycles. The number of rotatable bonds is 9. The highest BCUT2D eigenvalue weighted by molar-refractivity contribution is 7.89. The fourth-order valence-corrected chi connectivity index (χ4v) is 3.11. The second-order valence-corrected chi connectivity index (χ2v) is 6.04. The van der Waals surface area contributed by atoms with Gasteiger partial charge in [-0.1, -0.05) is 6.92 Å². The molecule has 6 nitrogen and oxygen atoms in total. The Balaban J connectivity index is 2.84. The summed E-state index contributed by atoms with van der Waals surface area (Å²) in [6, 6.07) is 3.25. The van der Waals surface area contributed by atoms with E-state index in [1.165, 1.54) is 10.5 Å². The number of likely N-dealkylation sites (N-methyl/N-ethyl adjacent to an activating group) is 1. The maximum Gasteiger partial charge on any atom is 0.244 e. The van der Waals surface area contributed by atoms with Crippen LogP contribution in [-0.2, 0) is 14.8 Å². The van der Waals surface area contributed by atoms with Crippen LogP contribution in [0.15, 0.2) is 23.2 Å². The topological polar surface area (TPSA) is 71.5 Å². The number of anilines is 1. The molecule has 1 aromatic heterocycles. The predicted molar refractivity (Wildman–Crippen MR) is 79.3 cm³/mol. The number of nitrogens with zero attached hydrogens (tertiary/aromatic N) is 2. The molecule has 1 aromatic rings. The van der Waals surface area contributed by atoms with Gasteiger partial charge in [0.25, 0.3) is 0 Å². The zero-order chi connectivity index (χ0) is 15.0. The highest BCUT2D eigenvalue weighted by Gasteiger charge is 2.23. The molecule has 0 unspecified atom stereocenters. The van der Waals surface area contributed by atoms with Crippen molar-refractivity contribution in [2.75, 3.05) is 38.2 Å². The van der Waals surface area contributed by atoms with E-state index >= 15 is 0 Å². The number of ether oxygens (including phenoxy) is 1. The summed E-state index contributed by atoms with van der Waals surface area (Å²) in [5.74, 6) is 0.670. The molecule has 0 fully saturated rings. The summed E-state index contributed by atoms with van der Waals surface area (Å²) in [6.07, 6.45) is 1.39. The van der Waals surface area contributed by atoms with Crippen LogP contribution in [0.5, 0.6) is 0 Å². The Kier molecular flexibility index (Phi) is 6.90. The maximum absolute atomic E-state index is 12.4. The summed E-state index contributed by atoms with van der Waals surface area (Å²) >= 11 is 0. The number of aromatic nitrogens is 1. The number of hydrogen-bond acceptors (Lipinski definition) is 5. The van der Waals surface area contributed by atoms with Crippen LogP contribution in [-0.4, -0.2) is 50.6 Å². The molecule has 20 heavy (non-hydrogen) atoms. The van der Waals surface area contributed by atoms with Crippen LogP contribution in [0.4, 0.5) is 5.82 Å². The Morgan fingerprint density at radius 2 is 2.05 bits per heavy atom. The Morgan fingerprint density at radius 3 is 2.55 bits per heavy atom. The molecule has 0 saturated carbocycles. The monoisotopic (exact) mass is 301 g/mol. The molecule has 0 aliphatic rings. The standard InChI is InChI=1S/C13H23N3O3S/c1-4-14-13-8-7-12(11-15-13)20(17,18)16(5-2)9-10-19-6-3/h7-8,11H,4-6,9-10H2,1-3H3,(H,14,15). The maximum atomic E-state index is 12.4. The van der Waals surface area contributed by atoms with E-state index in [0.717, 1.165) is 6.54 Å². The molecule has 0 atom stereocenters. The normalized spacial score (nSPS) is 11.8. The highest BCUT2D eigenvalue weighted by Crippen LogP contribution is 2.16. The lowest BCUT2D eigenvalue weighted by Gasteiger charge is -2.20. The van der Waals surface area contributed by atoms with Crippen molar-refractivity contribution >= 4 is 15.8 Å². The van der Waals surface area contributed by atoms with Crippen LogP contribution in [0.2, 0.25) is 0 Å². The predicted octanol–water partition coefficient (Wildman–Crippen LogP) is 1.56. The molecule has 1 N–H and O–H groups in total. The van der Waals surface area contributed by atoms with E-state index in [1.54, 1.807) is 12.1 Å². The molecule has 1 heterocycles. The second kappa shape index (κ2) is 8.18. The van der Waals surface area contributed by atoms with Crippen LogP contribution in [0.1, 0.15) is 20.8 Å². The van der Waals surface area contributed by atoms with Gasteiger partial charge in [-0.25, -0.2) is 13.4 Å². The summed E-state index contributed by atoms with van der Waals surface area (Å²) in [6.45, 7) is 8.13. The average Bonchev–Trinajstić information content (AvgIpc) is 2.44. The van der Waals surface area contributed by atoms with Gasteiger partial charge in [-0.2, -0.15) is 4.31 Å². The largest absolute Gasteiger partial charge is 0.380 e. The van der Waals surface area contributed by atoms with E-state index in [-0.39, 0.29) is 4.90 Å². The van der Waals surface area contributed by atoms with Crippen molar-refractivity contribution in [3.63, 3.8) is 0 Å². The van der Waals surface area contributed by atoms with Gasteiger partial charge in [-0.15, -0.1) is 0 Å². The zero-order valence-corrected chi connectivity index (χ0v) is 13.1. The fourth-order valence-electron chi connectivity index (χ4n) is 1.73. The third kappa shape index (κ3) is 4.43. The summed E-state index contributed by atoms with van der Waals surface area (Å²) < 4.78 is 31.5. The van der Waals surface area contributed by atoms with E-state index < -0.39 is 10.0 Å². The molecular formula is C13H23N3O3S. The second-order valence-electron chi connectivity index (χ2n) is 4.10. The van der Waals surface area contributed by atoms with Gasteiger partial charge in [0.05, 0.1) is 6.61 Å². The van der Waals surface area contributed by atoms with E-state index in [2.05, 4.69) is 10.3 Å². The highest BCUT2D eigenvalue weighted by atomic mass is 32.2. The van der Waals surface area contributed by atoms with Crippen molar-refractivity contribution in [3.05, 3.63) is 18.3 Å². The molecule has 7 heteroatoms. The Bertz CT molecular complexity index is 488. The summed E-state index contributed by atoms with van der Waals surface area (Å²) in [5, 5.41) is 3.03. The van der Waals surface area contributed by atoms with Gasteiger partial charge >= 0.3 is 0 Å². The minimum Gasteiger partial charge on any atom is -0.380 e. The SMILES string of the molecule is CCNc1ccc(S(=O)(=O)N(CC)CCOCC)cn1. The zero-order valence-electron chi connectivity index (χ0n) is 12.3. The van der Waals surface area contributed by atoms with Crippen molar-refractivity contribution in [2.45, 2.75) is 25.7 Å². The number of pyridine rings is 1. The fraction of sp³-hybridized carbons (Fsp3) is 0.615. The van der Waals surface area contributed by atoms with Gasteiger partial charge in [0.1, 0.15) is 10.7 Å². The van der Waals surface area contributed by atoms with Gasteiger partial charge in [-0.3, -0.25) is 0 Å². The minimum absolute atomic E-state index is 0.206. The molecule has 0 aromatic carbocycles. The molecule has 0 saturated heterocycles. The van der Waals surface area contributed by atoms with Crippen LogP contribution in [0.3, 0.4) is 0 Å². The van der Waals surface area contributed by atoms with Crippen LogP contribution < -0.4 is 5.32 Å². The molecule has 1 rings (SSSR count). The first-order valence-electron chi connectivity index (χ1n) is 6.84. The molecule has 0 radical (unpaired) electrons.